The van der Waals surface area contributed by atoms with Gasteiger partial charge in [0.1, 0.15) is 5.76 Å². The first-order valence-electron chi connectivity index (χ1n) is 4.57. The van der Waals surface area contributed by atoms with Gasteiger partial charge in [0, 0.05) is 6.42 Å². The Morgan fingerprint density at radius 1 is 1.53 bits per heavy atom. The molecule has 0 amide bonds. The third-order valence-corrected chi connectivity index (χ3v) is 3.08. The quantitative estimate of drug-likeness (QED) is 0.556. The number of aliphatic carboxylic acids is 1. The summed E-state index contributed by atoms with van der Waals surface area (Å²) in [6.45, 7) is 0.419. The number of allylic oxidation sites excluding steroid dienone is 1. The van der Waals surface area contributed by atoms with Crippen molar-refractivity contribution in [3.63, 3.8) is 0 Å². The molecule has 0 spiro atoms. The topological polar surface area (TPSA) is 66.8 Å². The van der Waals surface area contributed by atoms with Crippen LogP contribution in [-0.2, 0) is 9.53 Å². The Bertz CT molecular complexity index is 298. The number of aliphatic hydroxyl groups excluding tert-OH is 1. The van der Waals surface area contributed by atoms with E-state index in [-0.39, 0.29) is 12.2 Å². The Morgan fingerprint density at radius 3 is 2.80 bits per heavy atom. The van der Waals surface area contributed by atoms with Gasteiger partial charge >= 0.3 is 5.97 Å². The number of carboxylic acid groups (broad SMARTS) is 1. The molecule has 0 atom stereocenters. The number of carbonyl (C=O) groups is 1. The first kappa shape index (κ1) is 12.3. The van der Waals surface area contributed by atoms with Crippen molar-refractivity contribution in [1.82, 2.24) is 0 Å². The molecular weight excluding hydrogens is 236 g/mol. The number of carboxylic acids is 1. The van der Waals surface area contributed by atoms with Crippen LogP contribution in [0, 0.1) is 0 Å². The maximum atomic E-state index is 10.2. The number of ether oxygens (including phenoxy) is 1. The fourth-order valence-electron chi connectivity index (χ4n) is 1.06. The number of hydrogen-bond donors (Lipinski definition) is 2. The highest BCUT2D eigenvalue weighted by molar-refractivity contribution is 8.25. The van der Waals surface area contributed by atoms with Crippen molar-refractivity contribution in [2.75, 3.05) is 6.61 Å². The normalized spacial score (nSPS) is 15.9. The maximum absolute atomic E-state index is 10.2. The standard InChI is InChI=1S/C9H12O4S2/c10-6-5-8(14)15-9(6)13-4-2-1-3-7(11)12/h10H,1-5H2,(H,11,12). The van der Waals surface area contributed by atoms with Crippen molar-refractivity contribution in [3.05, 3.63) is 10.9 Å². The van der Waals surface area contributed by atoms with Gasteiger partial charge in [-0.25, -0.2) is 0 Å². The van der Waals surface area contributed by atoms with Crippen LogP contribution in [0.3, 0.4) is 0 Å². The Balaban J connectivity index is 2.13. The van der Waals surface area contributed by atoms with Crippen LogP contribution in [0.1, 0.15) is 25.7 Å². The molecule has 2 N–H and O–H groups in total. The minimum Gasteiger partial charge on any atom is -0.507 e. The van der Waals surface area contributed by atoms with Crippen LogP contribution in [0.25, 0.3) is 0 Å². The number of thioether (sulfide) groups is 1. The minimum absolute atomic E-state index is 0.153. The molecule has 0 unspecified atom stereocenters. The van der Waals surface area contributed by atoms with Crippen LogP contribution >= 0.6 is 24.0 Å². The lowest BCUT2D eigenvalue weighted by Gasteiger charge is -2.05. The Morgan fingerprint density at radius 2 is 2.27 bits per heavy atom. The number of aliphatic hydroxyl groups is 1. The van der Waals surface area contributed by atoms with Gasteiger partial charge < -0.3 is 14.9 Å². The molecule has 0 bridgehead atoms. The number of thiocarbonyl (C=S) groups is 1. The summed E-state index contributed by atoms with van der Waals surface area (Å²) < 4.78 is 5.98. The highest BCUT2D eigenvalue weighted by atomic mass is 32.2. The van der Waals surface area contributed by atoms with Gasteiger partial charge in [-0.3, -0.25) is 4.79 Å². The summed E-state index contributed by atoms with van der Waals surface area (Å²) in [6, 6.07) is 0. The smallest absolute Gasteiger partial charge is 0.303 e. The molecule has 0 aromatic heterocycles. The lowest BCUT2D eigenvalue weighted by molar-refractivity contribution is -0.137. The minimum atomic E-state index is -0.798. The highest BCUT2D eigenvalue weighted by Gasteiger charge is 2.20. The zero-order chi connectivity index (χ0) is 11.3. The first-order chi connectivity index (χ1) is 7.09. The Hall–Kier alpha value is -0.750. The summed E-state index contributed by atoms with van der Waals surface area (Å²) in [5, 5.41) is 18.2. The van der Waals surface area contributed by atoms with Gasteiger partial charge in [-0.1, -0.05) is 12.2 Å². The molecule has 6 heteroatoms. The van der Waals surface area contributed by atoms with E-state index in [0.29, 0.717) is 35.2 Å². The number of rotatable bonds is 6. The van der Waals surface area contributed by atoms with E-state index < -0.39 is 5.97 Å². The van der Waals surface area contributed by atoms with Crippen molar-refractivity contribution < 1.29 is 19.7 Å². The molecule has 0 saturated heterocycles. The molecule has 0 aliphatic carbocycles. The van der Waals surface area contributed by atoms with Crippen molar-refractivity contribution >= 4 is 34.1 Å². The largest absolute Gasteiger partial charge is 0.507 e. The predicted molar refractivity (Wildman–Crippen MR) is 61.9 cm³/mol. The summed E-state index contributed by atoms with van der Waals surface area (Å²) in [7, 11) is 0. The molecule has 1 heterocycles. The van der Waals surface area contributed by atoms with Gasteiger partial charge in [0.25, 0.3) is 0 Å². The predicted octanol–water partition coefficient (Wildman–Crippen LogP) is 2.45. The van der Waals surface area contributed by atoms with Gasteiger partial charge in [0.05, 0.1) is 17.2 Å². The molecule has 84 valence electrons. The van der Waals surface area contributed by atoms with Crippen LogP contribution in [0.15, 0.2) is 10.9 Å². The van der Waals surface area contributed by atoms with Gasteiger partial charge in [0.2, 0.25) is 0 Å². The second kappa shape index (κ2) is 5.97. The number of unbranched alkanes of at least 4 members (excludes halogenated alkanes) is 1. The molecule has 0 aromatic rings. The van der Waals surface area contributed by atoms with Gasteiger partial charge in [-0.15, -0.1) is 0 Å². The summed E-state index contributed by atoms with van der Waals surface area (Å²) in [5.74, 6) is -0.614. The molecule has 1 rings (SSSR count). The van der Waals surface area contributed by atoms with Gasteiger partial charge in [-0.2, -0.15) is 0 Å². The molecule has 4 nitrogen and oxygen atoms in total. The van der Waals surface area contributed by atoms with Crippen molar-refractivity contribution in [2.45, 2.75) is 25.7 Å². The van der Waals surface area contributed by atoms with E-state index in [0.717, 1.165) is 0 Å². The second-order valence-electron chi connectivity index (χ2n) is 3.08. The van der Waals surface area contributed by atoms with Crippen LogP contribution in [-0.4, -0.2) is 27.0 Å². The fraction of sp³-hybridized carbons (Fsp3) is 0.556. The molecule has 0 fully saturated rings. The number of hydrogen-bond acceptors (Lipinski definition) is 5. The molecule has 0 aromatic carbocycles. The van der Waals surface area contributed by atoms with E-state index in [1.165, 1.54) is 11.8 Å². The van der Waals surface area contributed by atoms with Crippen molar-refractivity contribution in [2.24, 2.45) is 0 Å². The van der Waals surface area contributed by atoms with Crippen molar-refractivity contribution in [1.29, 1.82) is 0 Å². The fourth-order valence-corrected chi connectivity index (χ4v) is 2.17. The molecular formula is C9H12O4S2. The SMILES string of the molecule is O=C(O)CCCCOC1=C(O)CC(=S)S1. The van der Waals surface area contributed by atoms with Gasteiger partial charge in [0.15, 0.2) is 5.09 Å². The second-order valence-corrected chi connectivity index (χ2v) is 4.90. The Labute approximate surface area is 97.3 Å². The van der Waals surface area contributed by atoms with Crippen molar-refractivity contribution in [3.8, 4) is 0 Å². The average molecular weight is 248 g/mol. The zero-order valence-corrected chi connectivity index (χ0v) is 9.70. The molecule has 0 radical (unpaired) electrons. The highest BCUT2D eigenvalue weighted by Crippen LogP contribution is 2.33. The maximum Gasteiger partial charge on any atom is 0.303 e. The van der Waals surface area contributed by atoms with Crippen LogP contribution in [0.2, 0.25) is 0 Å². The lowest BCUT2D eigenvalue weighted by atomic mass is 10.2. The van der Waals surface area contributed by atoms with Crippen LogP contribution in [0.5, 0.6) is 0 Å². The van der Waals surface area contributed by atoms with Gasteiger partial charge in [-0.05, 0) is 24.6 Å². The third kappa shape index (κ3) is 4.53. The third-order valence-electron chi connectivity index (χ3n) is 1.77. The summed E-state index contributed by atoms with van der Waals surface area (Å²) >= 11 is 6.17. The zero-order valence-electron chi connectivity index (χ0n) is 8.06. The summed E-state index contributed by atoms with van der Waals surface area (Å²) in [4.78, 5) is 10.2. The molecule has 1 aliphatic heterocycles. The van der Waals surface area contributed by atoms with E-state index in [9.17, 15) is 9.90 Å². The monoisotopic (exact) mass is 248 g/mol. The van der Waals surface area contributed by atoms with Crippen LogP contribution in [0.4, 0.5) is 0 Å². The molecule has 0 saturated carbocycles. The molecule has 1 aliphatic rings. The van der Waals surface area contributed by atoms with E-state index in [4.69, 9.17) is 22.1 Å². The Kier molecular flexibility index (Phi) is 4.90. The summed E-state index contributed by atoms with van der Waals surface area (Å²) in [6.07, 6.45) is 1.79. The van der Waals surface area contributed by atoms with Crippen LogP contribution < -0.4 is 0 Å². The van der Waals surface area contributed by atoms with E-state index >= 15 is 0 Å². The summed E-state index contributed by atoms with van der Waals surface area (Å²) in [5.41, 5.74) is 0. The van der Waals surface area contributed by atoms with E-state index in [1.54, 1.807) is 0 Å². The molecule has 15 heavy (non-hydrogen) atoms. The van der Waals surface area contributed by atoms with E-state index in [1.807, 2.05) is 0 Å². The van der Waals surface area contributed by atoms with E-state index in [2.05, 4.69) is 0 Å². The lowest BCUT2D eigenvalue weighted by Crippen LogP contribution is -1.97. The average Bonchev–Trinajstić information content (AvgIpc) is 2.44. The first-order valence-corrected chi connectivity index (χ1v) is 5.79.